The fourth-order valence-electron chi connectivity index (χ4n) is 4.39. The van der Waals surface area contributed by atoms with Gasteiger partial charge in [0.1, 0.15) is 5.69 Å². The lowest BCUT2D eigenvalue weighted by Gasteiger charge is -2.29. The van der Waals surface area contributed by atoms with E-state index >= 15 is 0 Å². The Labute approximate surface area is 208 Å². The molecule has 1 N–H and O–H groups in total. The molecular formula is C27H24Cl2N2O3. The van der Waals surface area contributed by atoms with Crippen LogP contribution in [0.5, 0.6) is 0 Å². The van der Waals surface area contributed by atoms with Gasteiger partial charge in [0.2, 0.25) is 0 Å². The molecule has 2 aliphatic rings. The fraction of sp³-hybridized carbons (Fsp3) is 0.259. The van der Waals surface area contributed by atoms with Crippen molar-refractivity contribution in [2.45, 2.75) is 44.3 Å². The van der Waals surface area contributed by atoms with E-state index in [1.165, 1.54) is 0 Å². The Bertz CT molecular complexity index is 1300. The first-order valence-electron chi connectivity index (χ1n) is 11.2. The van der Waals surface area contributed by atoms with Crippen molar-refractivity contribution in [2.24, 2.45) is 0 Å². The number of carbonyl (C=O) groups is 1. The number of hydrogen-bond acceptors (Lipinski definition) is 3. The minimum atomic E-state index is -1.47. The van der Waals surface area contributed by atoms with Crippen LogP contribution in [0.3, 0.4) is 0 Å². The van der Waals surface area contributed by atoms with Crippen LogP contribution >= 0.6 is 23.2 Å². The SMILES string of the molecule is Cc1ccccc1C1=CCC(OCc2c(C3CC3)cnn2-c2c(Cl)cccc2Cl)(C(=O)O)C=C1. The molecule has 2 aromatic carbocycles. The molecule has 1 fully saturated rings. The van der Waals surface area contributed by atoms with Gasteiger partial charge in [-0.2, -0.15) is 5.10 Å². The molecular weight excluding hydrogens is 471 g/mol. The summed E-state index contributed by atoms with van der Waals surface area (Å²) in [5.74, 6) is -0.637. The van der Waals surface area contributed by atoms with E-state index in [-0.39, 0.29) is 13.0 Å². The number of carboxylic acids is 1. The molecule has 0 radical (unpaired) electrons. The number of para-hydroxylation sites is 1. The number of halogens is 2. The highest BCUT2D eigenvalue weighted by atomic mass is 35.5. The van der Waals surface area contributed by atoms with E-state index in [0.717, 1.165) is 40.8 Å². The Morgan fingerprint density at radius 1 is 1.18 bits per heavy atom. The van der Waals surface area contributed by atoms with Gasteiger partial charge >= 0.3 is 5.97 Å². The predicted octanol–water partition coefficient (Wildman–Crippen LogP) is 6.75. The van der Waals surface area contributed by atoms with E-state index in [2.05, 4.69) is 5.10 Å². The lowest BCUT2D eigenvalue weighted by atomic mass is 9.88. The molecule has 0 spiro atoms. The van der Waals surface area contributed by atoms with Crippen molar-refractivity contribution in [3.05, 3.63) is 99.3 Å². The maximum absolute atomic E-state index is 12.4. The summed E-state index contributed by atoms with van der Waals surface area (Å²) in [4.78, 5) is 12.4. The summed E-state index contributed by atoms with van der Waals surface area (Å²) in [6.45, 7) is 2.11. The van der Waals surface area contributed by atoms with Gasteiger partial charge in [-0.15, -0.1) is 0 Å². The molecule has 1 heterocycles. The molecule has 1 aromatic heterocycles. The second-order valence-electron chi connectivity index (χ2n) is 8.80. The topological polar surface area (TPSA) is 64.4 Å². The third-order valence-electron chi connectivity index (χ3n) is 6.51. The number of benzene rings is 2. The van der Waals surface area contributed by atoms with Crippen molar-refractivity contribution < 1.29 is 14.6 Å². The summed E-state index contributed by atoms with van der Waals surface area (Å²) < 4.78 is 7.86. The van der Waals surface area contributed by atoms with Gasteiger partial charge in [-0.05, 0) is 66.2 Å². The predicted molar refractivity (Wildman–Crippen MR) is 134 cm³/mol. The zero-order valence-corrected chi connectivity index (χ0v) is 20.2. The standard InChI is InChI=1S/C27H24Cl2N2O3/c1-17-5-2-3-6-20(17)19-11-13-27(14-12-19,26(32)33)34-16-24-21(18-9-10-18)15-30-31(24)25-22(28)7-4-8-23(25)29/h2-8,11-13,15,18H,9-10,14,16H2,1H3,(H,32,33). The second kappa shape index (κ2) is 9.06. The zero-order chi connectivity index (χ0) is 23.9. The molecule has 0 bridgehead atoms. The first-order valence-corrected chi connectivity index (χ1v) is 12.0. The molecule has 2 aliphatic carbocycles. The lowest BCUT2D eigenvalue weighted by molar-refractivity contribution is -0.160. The van der Waals surface area contributed by atoms with Crippen LogP contribution in [-0.4, -0.2) is 26.5 Å². The third kappa shape index (κ3) is 4.20. The molecule has 7 heteroatoms. The van der Waals surface area contributed by atoms with E-state index in [0.29, 0.717) is 21.7 Å². The van der Waals surface area contributed by atoms with Crippen molar-refractivity contribution in [3.8, 4) is 5.69 Å². The van der Waals surface area contributed by atoms with Crippen LogP contribution < -0.4 is 0 Å². The Hall–Kier alpha value is -2.86. The summed E-state index contributed by atoms with van der Waals surface area (Å²) in [5, 5.41) is 15.6. The largest absolute Gasteiger partial charge is 0.479 e. The first-order chi connectivity index (χ1) is 16.4. The summed E-state index contributed by atoms with van der Waals surface area (Å²) in [7, 11) is 0. The van der Waals surface area contributed by atoms with Gasteiger partial charge in [0.05, 0.1) is 28.5 Å². The minimum absolute atomic E-state index is 0.0670. The molecule has 0 amide bonds. The number of aliphatic carboxylic acids is 1. The Morgan fingerprint density at radius 3 is 2.53 bits per heavy atom. The molecule has 1 saturated carbocycles. The average Bonchev–Trinajstić information content (AvgIpc) is 3.59. The van der Waals surface area contributed by atoms with Crippen molar-refractivity contribution in [1.82, 2.24) is 9.78 Å². The maximum atomic E-state index is 12.4. The van der Waals surface area contributed by atoms with Crippen LogP contribution in [0.15, 0.2) is 66.9 Å². The number of rotatable bonds is 7. The molecule has 174 valence electrons. The lowest BCUT2D eigenvalue weighted by Crippen LogP contribution is -2.40. The Balaban J connectivity index is 1.45. The molecule has 1 unspecified atom stereocenters. The molecule has 3 aromatic rings. The monoisotopic (exact) mass is 494 g/mol. The number of carboxylic acid groups (broad SMARTS) is 1. The number of aromatic nitrogens is 2. The third-order valence-corrected chi connectivity index (χ3v) is 7.12. The highest BCUT2D eigenvalue weighted by molar-refractivity contribution is 6.37. The van der Waals surface area contributed by atoms with E-state index in [1.807, 2.05) is 49.5 Å². The number of allylic oxidation sites excluding steroid dienone is 2. The van der Waals surface area contributed by atoms with E-state index in [1.54, 1.807) is 29.0 Å². The van der Waals surface area contributed by atoms with Crippen LogP contribution in [0, 0.1) is 6.92 Å². The van der Waals surface area contributed by atoms with Crippen LogP contribution in [0.25, 0.3) is 11.3 Å². The number of ether oxygens (including phenoxy) is 1. The van der Waals surface area contributed by atoms with Gasteiger partial charge in [0.25, 0.3) is 0 Å². The van der Waals surface area contributed by atoms with Gasteiger partial charge in [0.15, 0.2) is 5.60 Å². The van der Waals surface area contributed by atoms with Gasteiger partial charge in [0, 0.05) is 6.42 Å². The maximum Gasteiger partial charge on any atom is 0.340 e. The van der Waals surface area contributed by atoms with E-state index in [4.69, 9.17) is 27.9 Å². The van der Waals surface area contributed by atoms with Gasteiger partial charge in [-0.1, -0.05) is 65.7 Å². The molecule has 5 rings (SSSR count). The van der Waals surface area contributed by atoms with Crippen molar-refractivity contribution in [2.75, 3.05) is 0 Å². The van der Waals surface area contributed by atoms with Crippen LogP contribution in [0.2, 0.25) is 10.0 Å². The molecule has 0 saturated heterocycles. The van der Waals surface area contributed by atoms with E-state index in [9.17, 15) is 9.90 Å². The van der Waals surface area contributed by atoms with Gasteiger partial charge < -0.3 is 9.84 Å². The highest BCUT2D eigenvalue weighted by Gasteiger charge is 2.39. The summed E-state index contributed by atoms with van der Waals surface area (Å²) in [6, 6.07) is 13.3. The summed E-state index contributed by atoms with van der Waals surface area (Å²) >= 11 is 12.9. The molecule has 5 nitrogen and oxygen atoms in total. The molecule has 34 heavy (non-hydrogen) atoms. The highest BCUT2D eigenvalue weighted by Crippen LogP contribution is 2.43. The van der Waals surface area contributed by atoms with Crippen molar-refractivity contribution >= 4 is 34.7 Å². The quantitative estimate of drug-likeness (QED) is 0.394. The average molecular weight is 495 g/mol. The Kier molecular flexibility index (Phi) is 6.11. The zero-order valence-electron chi connectivity index (χ0n) is 18.7. The van der Waals surface area contributed by atoms with Crippen LogP contribution in [-0.2, 0) is 16.1 Å². The smallest absolute Gasteiger partial charge is 0.340 e. The normalized spacial score (nSPS) is 19.8. The number of aryl methyl sites for hydroxylation is 1. The van der Waals surface area contributed by atoms with Crippen molar-refractivity contribution in [1.29, 1.82) is 0 Å². The second-order valence-corrected chi connectivity index (χ2v) is 9.61. The van der Waals surface area contributed by atoms with Crippen molar-refractivity contribution in [3.63, 3.8) is 0 Å². The summed E-state index contributed by atoms with van der Waals surface area (Å²) in [5.41, 5.74) is 4.14. The minimum Gasteiger partial charge on any atom is -0.479 e. The molecule has 0 aliphatic heterocycles. The molecule has 1 atom stereocenters. The van der Waals surface area contributed by atoms with E-state index < -0.39 is 11.6 Å². The number of nitrogens with zero attached hydrogens (tertiary/aromatic N) is 2. The first kappa shape index (κ1) is 22.9. The van der Waals surface area contributed by atoms with Gasteiger partial charge in [-0.25, -0.2) is 9.48 Å². The van der Waals surface area contributed by atoms with Crippen LogP contribution in [0.1, 0.15) is 47.6 Å². The summed E-state index contributed by atoms with van der Waals surface area (Å²) in [6.07, 6.45) is 9.60. The van der Waals surface area contributed by atoms with Gasteiger partial charge in [-0.3, -0.25) is 0 Å². The van der Waals surface area contributed by atoms with Crippen LogP contribution in [0.4, 0.5) is 0 Å². The number of hydrogen-bond donors (Lipinski definition) is 1. The Morgan fingerprint density at radius 2 is 1.91 bits per heavy atom. The fourth-order valence-corrected chi connectivity index (χ4v) is 4.95.